The van der Waals surface area contributed by atoms with E-state index in [-0.39, 0.29) is 5.78 Å². The molecule has 0 amide bonds. The molecule has 1 aromatic heterocycles. The zero-order chi connectivity index (χ0) is 10.4. The second kappa shape index (κ2) is 5.47. The van der Waals surface area contributed by atoms with E-state index in [1.165, 1.54) is 6.33 Å². The van der Waals surface area contributed by atoms with Gasteiger partial charge in [0.1, 0.15) is 12.0 Å². The summed E-state index contributed by atoms with van der Waals surface area (Å²) in [6.45, 7) is 4.32. The Hall–Kier alpha value is -1.25. The van der Waals surface area contributed by atoms with Crippen LogP contribution in [0.4, 0.5) is 0 Å². The molecule has 0 aromatic carbocycles. The van der Waals surface area contributed by atoms with Gasteiger partial charge in [0.2, 0.25) is 0 Å². The van der Waals surface area contributed by atoms with E-state index in [9.17, 15) is 4.79 Å². The molecule has 3 nitrogen and oxygen atoms in total. The third-order valence-electron chi connectivity index (χ3n) is 2.05. The Labute approximate surface area is 84.6 Å². The highest BCUT2D eigenvalue weighted by molar-refractivity contribution is 5.93. The summed E-state index contributed by atoms with van der Waals surface area (Å²) >= 11 is 0. The molecule has 0 bridgehead atoms. The molecule has 76 valence electrons. The molecule has 0 unspecified atom stereocenters. The van der Waals surface area contributed by atoms with Crippen LogP contribution in [0.3, 0.4) is 0 Å². The Morgan fingerprint density at radius 3 is 2.86 bits per heavy atom. The SMILES string of the molecule is CC(C)CCCC(=O)c1ccncn1. The van der Waals surface area contributed by atoms with Crippen molar-refractivity contribution in [1.29, 1.82) is 0 Å². The van der Waals surface area contributed by atoms with Crippen LogP contribution >= 0.6 is 0 Å². The van der Waals surface area contributed by atoms with Crippen LogP contribution in [0, 0.1) is 5.92 Å². The maximum absolute atomic E-state index is 11.5. The van der Waals surface area contributed by atoms with Crippen molar-refractivity contribution < 1.29 is 4.79 Å². The number of ketones is 1. The number of carbonyl (C=O) groups excluding carboxylic acids is 1. The maximum Gasteiger partial charge on any atom is 0.181 e. The van der Waals surface area contributed by atoms with E-state index in [2.05, 4.69) is 23.8 Å². The Bertz CT molecular complexity index is 283. The molecule has 0 aliphatic carbocycles. The first-order valence-corrected chi connectivity index (χ1v) is 4.99. The monoisotopic (exact) mass is 192 g/mol. The molecule has 0 saturated heterocycles. The summed E-state index contributed by atoms with van der Waals surface area (Å²) in [5.74, 6) is 0.779. The summed E-state index contributed by atoms with van der Waals surface area (Å²) in [5.41, 5.74) is 0.531. The molecule has 0 N–H and O–H groups in total. The Morgan fingerprint density at radius 2 is 2.29 bits per heavy atom. The van der Waals surface area contributed by atoms with Crippen LogP contribution in [0.5, 0.6) is 0 Å². The summed E-state index contributed by atoms with van der Waals surface area (Å²) in [4.78, 5) is 19.2. The van der Waals surface area contributed by atoms with Crippen molar-refractivity contribution in [1.82, 2.24) is 9.97 Å². The third kappa shape index (κ3) is 3.64. The van der Waals surface area contributed by atoms with E-state index in [0.29, 0.717) is 18.0 Å². The fourth-order valence-electron chi connectivity index (χ4n) is 1.25. The Kier molecular flexibility index (Phi) is 4.23. The number of carbonyl (C=O) groups is 1. The summed E-state index contributed by atoms with van der Waals surface area (Å²) in [5, 5.41) is 0. The van der Waals surface area contributed by atoms with Crippen molar-refractivity contribution in [3.8, 4) is 0 Å². The van der Waals surface area contributed by atoms with E-state index < -0.39 is 0 Å². The molecule has 1 rings (SSSR count). The van der Waals surface area contributed by atoms with Crippen molar-refractivity contribution in [2.75, 3.05) is 0 Å². The predicted octanol–water partition coefficient (Wildman–Crippen LogP) is 2.49. The summed E-state index contributed by atoms with van der Waals surface area (Å²) in [6.07, 6.45) is 5.64. The molecule has 14 heavy (non-hydrogen) atoms. The number of hydrogen-bond donors (Lipinski definition) is 0. The van der Waals surface area contributed by atoms with Gasteiger partial charge < -0.3 is 0 Å². The van der Waals surface area contributed by atoms with Crippen LogP contribution in [0.25, 0.3) is 0 Å². The first-order valence-electron chi connectivity index (χ1n) is 4.99. The van der Waals surface area contributed by atoms with Crippen molar-refractivity contribution in [2.45, 2.75) is 33.1 Å². The minimum Gasteiger partial charge on any atom is -0.292 e. The van der Waals surface area contributed by atoms with Crippen molar-refractivity contribution in [3.05, 3.63) is 24.3 Å². The first kappa shape index (κ1) is 10.8. The molecular formula is C11H16N2O. The molecule has 3 heteroatoms. The highest BCUT2D eigenvalue weighted by Gasteiger charge is 2.06. The normalized spacial score (nSPS) is 10.5. The van der Waals surface area contributed by atoms with Crippen LogP contribution in [-0.2, 0) is 0 Å². The third-order valence-corrected chi connectivity index (χ3v) is 2.05. The smallest absolute Gasteiger partial charge is 0.181 e. The van der Waals surface area contributed by atoms with Gasteiger partial charge in [0.15, 0.2) is 5.78 Å². The van der Waals surface area contributed by atoms with Crippen LogP contribution in [-0.4, -0.2) is 15.8 Å². The van der Waals surface area contributed by atoms with Crippen LogP contribution in [0.15, 0.2) is 18.6 Å². The van der Waals surface area contributed by atoms with Gasteiger partial charge in [0.25, 0.3) is 0 Å². The second-order valence-electron chi connectivity index (χ2n) is 3.80. The average Bonchev–Trinajstić information content (AvgIpc) is 2.18. The minimum absolute atomic E-state index is 0.119. The van der Waals surface area contributed by atoms with Gasteiger partial charge in [-0.05, 0) is 18.4 Å². The molecular weight excluding hydrogens is 176 g/mol. The molecule has 0 saturated carbocycles. The number of nitrogens with zero attached hydrogens (tertiary/aromatic N) is 2. The Balaban J connectivity index is 2.36. The maximum atomic E-state index is 11.5. The molecule has 0 aliphatic rings. The largest absolute Gasteiger partial charge is 0.292 e. The number of aromatic nitrogens is 2. The highest BCUT2D eigenvalue weighted by Crippen LogP contribution is 2.08. The summed E-state index contributed by atoms with van der Waals surface area (Å²) in [6, 6.07) is 1.66. The second-order valence-corrected chi connectivity index (χ2v) is 3.80. The molecule has 0 radical (unpaired) electrons. The van der Waals surface area contributed by atoms with Gasteiger partial charge in [-0.15, -0.1) is 0 Å². The molecule has 0 atom stereocenters. The number of rotatable bonds is 5. The number of hydrogen-bond acceptors (Lipinski definition) is 3. The fourth-order valence-corrected chi connectivity index (χ4v) is 1.25. The van der Waals surface area contributed by atoms with Crippen molar-refractivity contribution in [3.63, 3.8) is 0 Å². The summed E-state index contributed by atoms with van der Waals surface area (Å²) < 4.78 is 0. The van der Waals surface area contributed by atoms with Crippen LogP contribution < -0.4 is 0 Å². The summed E-state index contributed by atoms with van der Waals surface area (Å²) in [7, 11) is 0. The average molecular weight is 192 g/mol. The molecule has 1 aromatic rings. The van der Waals surface area contributed by atoms with Gasteiger partial charge in [-0.2, -0.15) is 0 Å². The van der Waals surface area contributed by atoms with Crippen LogP contribution in [0.2, 0.25) is 0 Å². The van der Waals surface area contributed by atoms with Gasteiger partial charge in [-0.25, -0.2) is 9.97 Å². The van der Waals surface area contributed by atoms with Gasteiger partial charge in [0, 0.05) is 12.6 Å². The first-order chi connectivity index (χ1) is 6.70. The van der Waals surface area contributed by atoms with E-state index in [1.807, 2.05) is 0 Å². The van der Waals surface area contributed by atoms with Gasteiger partial charge in [-0.1, -0.05) is 20.3 Å². The lowest BCUT2D eigenvalue weighted by Crippen LogP contribution is -2.02. The zero-order valence-electron chi connectivity index (χ0n) is 8.73. The fraction of sp³-hybridized carbons (Fsp3) is 0.545. The highest BCUT2D eigenvalue weighted by atomic mass is 16.1. The van der Waals surface area contributed by atoms with Crippen LogP contribution in [0.1, 0.15) is 43.6 Å². The Morgan fingerprint density at radius 1 is 1.50 bits per heavy atom. The standard InChI is InChI=1S/C11H16N2O/c1-9(2)4-3-5-11(14)10-6-7-12-8-13-10/h6-9H,3-5H2,1-2H3. The minimum atomic E-state index is 0.119. The quantitative estimate of drug-likeness (QED) is 0.673. The van der Waals surface area contributed by atoms with E-state index >= 15 is 0 Å². The van der Waals surface area contributed by atoms with Gasteiger partial charge >= 0.3 is 0 Å². The zero-order valence-corrected chi connectivity index (χ0v) is 8.73. The molecule has 1 heterocycles. The predicted molar refractivity (Wildman–Crippen MR) is 55.1 cm³/mol. The lowest BCUT2D eigenvalue weighted by atomic mass is 10.0. The van der Waals surface area contributed by atoms with E-state index in [0.717, 1.165) is 12.8 Å². The molecule has 0 fully saturated rings. The van der Waals surface area contributed by atoms with E-state index in [1.54, 1.807) is 12.3 Å². The van der Waals surface area contributed by atoms with Crippen molar-refractivity contribution >= 4 is 5.78 Å². The molecule has 0 spiro atoms. The van der Waals surface area contributed by atoms with E-state index in [4.69, 9.17) is 0 Å². The lowest BCUT2D eigenvalue weighted by molar-refractivity contribution is 0.0973. The van der Waals surface area contributed by atoms with Gasteiger partial charge in [0.05, 0.1) is 0 Å². The lowest BCUT2D eigenvalue weighted by Gasteiger charge is -2.02. The van der Waals surface area contributed by atoms with Gasteiger partial charge in [-0.3, -0.25) is 4.79 Å². The van der Waals surface area contributed by atoms with Crippen molar-refractivity contribution in [2.24, 2.45) is 5.92 Å². The number of Topliss-reactive ketones (excluding diaryl/α,β-unsaturated/α-hetero) is 1. The topological polar surface area (TPSA) is 42.9 Å². The molecule has 0 aliphatic heterocycles.